The molecule has 0 atom stereocenters. The molecule has 128 valence electrons. The van der Waals surface area contributed by atoms with Crippen molar-refractivity contribution in [1.29, 1.82) is 0 Å². The van der Waals surface area contributed by atoms with Crippen LogP contribution in [0.4, 0.5) is 0 Å². The van der Waals surface area contributed by atoms with Crippen LogP contribution >= 0.6 is 0 Å². The summed E-state index contributed by atoms with van der Waals surface area (Å²) in [7, 11) is 1.42. The third-order valence-corrected chi connectivity index (χ3v) is 4.47. The van der Waals surface area contributed by atoms with Crippen LogP contribution in [0.25, 0.3) is 16.3 Å². The smallest absolute Gasteiger partial charge is 0.333 e. The molecule has 0 bridgehead atoms. The van der Waals surface area contributed by atoms with Gasteiger partial charge in [-0.15, -0.1) is 0 Å². The highest BCUT2D eigenvalue weighted by atomic mass is 16.5. The van der Waals surface area contributed by atoms with Crippen molar-refractivity contribution in [3.8, 4) is 5.75 Å². The summed E-state index contributed by atoms with van der Waals surface area (Å²) in [5.41, 5.74) is 4.03. The molecular formula is C21H26O3. The molecule has 3 heteroatoms. The van der Waals surface area contributed by atoms with Crippen LogP contribution in [0, 0.1) is 0 Å². The number of carbonyl (C=O) groups excluding carboxylic acids is 1. The first-order chi connectivity index (χ1) is 11.5. The number of carbonyl (C=O) groups is 1. The summed E-state index contributed by atoms with van der Waals surface area (Å²) in [6, 6.07) is 9.67. The predicted molar refractivity (Wildman–Crippen MR) is 99.1 cm³/mol. The van der Waals surface area contributed by atoms with Crippen LogP contribution in [0.2, 0.25) is 0 Å². The lowest BCUT2D eigenvalue weighted by Crippen LogP contribution is -2.06. The minimum absolute atomic E-state index is 0.272. The standard InChI is InChI=1S/C21H26O3/c1-5-7-8-16-11-17-12-18(22)10-9-15(17)13-20(16)19(6-2)14(3)21(23)24-4/h9-13,22H,5-8H2,1-4H3/b19-14+. The Balaban J connectivity index is 2.69. The molecule has 2 aromatic carbocycles. The molecule has 0 heterocycles. The highest BCUT2D eigenvalue weighted by Crippen LogP contribution is 2.32. The van der Waals surface area contributed by atoms with Gasteiger partial charge in [0.05, 0.1) is 7.11 Å². The number of hydrogen-bond acceptors (Lipinski definition) is 3. The zero-order valence-corrected chi connectivity index (χ0v) is 15.0. The van der Waals surface area contributed by atoms with Crippen LogP contribution in [0.5, 0.6) is 5.75 Å². The van der Waals surface area contributed by atoms with E-state index in [2.05, 4.69) is 26.0 Å². The number of rotatable bonds is 6. The Morgan fingerprint density at radius 3 is 2.50 bits per heavy atom. The minimum atomic E-state index is -0.279. The number of esters is 1. The predicted octanol–water partition coefficient (Wildman–Crippen LogP) is 5.24. The number of allylic oxidation sites excluding steroid dienone is 1. The lowest BCUT2D eigenvalue weighted by Gasteiger charge is -2.16. The Bertz CT molecular complexity index is 772. The van der Waals surface area contributed by atoms with Crippen molar-refractivity contribution in [2.45, 2.75) is 46.5 Å². The Labute approximate surface area is 144 Å². The largest absolute Gasteiger partial charge is 0.508 e. The summed E-state index contributed by atoms with van der Waals surface area (Å²) in [6.45, 7) is 6.06. The summed E-state index contributed by atoms with van der Waals surface area (Å²) in [6.07, 6.45) is 3.92. The number of unbranched alkanes of at least 4 members (excludes halogenated alkanes) is 1. The van der Waals surface area contributed by atoms with E-state index >= 15 is 0 Å². The molecule has 0 amide bonds. The van der Waals surface area contributed by atoms with Crippen LogP contribution < -0.4 is 0 Å². The topological polar surface area (TPSA) is 46.5 Å². The molecule has 3 nitrogen and oxygen atoms in total. The first-order valence-electron chi connectivity index (χ1n) is 8.55. The summed E-state index contributed by atoms with van der Waals surface area (Å²) >= 11 is 0. The fraction of sp³-hybridized carbons (Fsp3) is 0.381. The molecule has 0 aliphatic carbocycles. The first kappa shape index (κ1) is 18.1. The average Bonchev–Trinajstić information content (AvgIpc) is 2.59. The highest BCUT2D eigenvalue weighted by molar-refractivity contribution is 5.99. The highest BCUT2D eigenvalue weighted by Gasteiger charge is 2.15. The van der Waals surface area contributed by atoms with E-state index in [0.29, 0.717) is 5.57 Å². The number of aromatic hydroxyl groups is 1. The van der Waals surface area contributed by atoms with Crippen molar-refractivity contribution in [3.05, 3.63) is 47.0 Å². The average molecular weight is 326 g/mol. The van der Waals surface area contributed by atoms with Crippen molar-refractivity contribution in [2.75, 3.05) is 7.11 Å². The molecule has 0 saturated heterocycles. The van der Waals surface area contributed by atoms with Gasteiger partial charge in [-0.05, 0) is 71.9 Å². The second-order valence-electron chi connectivity index (χ2n) is 6.09. The van der Waals surface area contributed by atoms with Gasteiger partial charge in [-0.3, -0.25) is 0 Å². The van der Waals surface area contributed by atoms with Crippen LogP contribution in [0.1, 0.15) is 51.2 Å². The van der Waals surface area contributed by atoms with Gasteiger partial charge in [0.15, 0.2) is 0 Å². The van der Waals surface area contributed by atoms with E-state index in [1.54, 1.807) is 12.1 Å². The molecule has 24 heavy (non-hydrogen) atoms. The Morgan fingerprint density at radius 2 is 1.88 bits per heavy atom. The molecule has 2 aromatic rings. The molecular weight excluding hydrogens is 300 g/mol. The maximum atomic E-state index is 12.0. The first-order valence-corrected chi connectivity index (χ1v) is 8.55. The lowest BCUT2D eigenvalue weighted by molar-refractivity contribution is -0.135. The quantitative estimate of drug-likeness (QED) is 0.583. The zero-order valence-electron chi connectivity index (χ0n) is 15.0. The van der Waals surface area contributed by atoms with Gasteiger partial charge in [0.2, 0.25) is 0 Å². The summed E-state index contributed by atoms with van der Waals surface area (Å²) in [4.78, 5) is 12.0. The molecule has 0 unspecified atom stereocenters. The van der Waals surface area contributed by atoms with Gasteiger partial charge < -0.3 is 9.84 Å². The zero-order chi connectivity index (χ0) is 17.7. The Kier molecular flexibility index (Phi) is 6.02. The van der Waals surface area contributed by atoms with Gasteiger partial charge in [-0.25, -0.2) is 4.79 Å². The minimum Gasteiger partial charge on any atom is -0.508 e. The maximum absolute atomic E-state index is 12.0. The molecule has 0 saturated carbocycles. The normalized spacial score (nSPS) is 12.2. The fourth-order valence-corrected chi connectivity index (χ4v) is 3.12. The van der Waals surface area contributed by atoms with Crippen LogP contribution in [0.15, 0.2) is 35.9 Å². The van der Waals surface area contributed by atoms with E-state index in [9.17, 15) is 9.90 Å². The van der Waals surface area contributed by atoms with Gasteiger partial charge in [0.25, 0.3) is 0 Å². The van der Waals surface area contributed by atoms with Crippen molar-refractivity contribution in [3.63, 3.8) is 0 Å². The van der Waals surface area contributed by atoms with Gasteiger partial charge in [-0.2, -0.15) is 0 Å². The molecule has 0 aliphatic heterocycles. The summed E-state index contributed by atoms with van der Waals surface area (Å²) in [5, 5.41) is 11.8. The van der Waals surface area contributed by atoms with Gasteiger partial charge in [0.1, 0.15) is 5.75 Å². The number of ether oxygens (including phenoxy) is 1. The fourth-order valence-electron chi connectivity index (χ4n) is 3.12. The summed E-state index contributed by atoms with van der Waals surface area (Å²) < 4.78 is 4.91. The van der Waals surface area contributed by atoms with Crippen molar-refractivity contribution >= 4 is 22.3 Å². The molecule has 1 N–H and O–H groups in total. The van der Waals surface area contributed by atoms with Gasteiger partial charge >= 0.3 is 5.97 Å². The Morgan fingerprint density at radius 1 is 1.12 bits per heavy atom. The number of aryl methyl sites for hydroxylation is 1. The molecule has 2 rings (SSSR count). The van der Waals surface area contributed by atoms with E-state index < -0.39 is 0 Å². The van der Waals surface area contributed by atoms with Crippen molar-refractivity contribution < 1.29 is 14.6 Å². The van der Waals surface area contributed by atoms with Crippen LogP contribution in [-0.2, 0) is 16.0 Å². The van der Waals surface area contributed by atoms with E-state index in [-0.39, 0.29) is 11.7 Å². The number of phenols is 1. The van der Waals surface area contributed by atoms with Crippen molar-refractivity contribution in [2.24, 2.45) is 0 Å². The second-order valence-corrected chi connectivity index (χ2v) is 6.09. The SMILES string of the molecule is CCCCc1cc2cc(O)ccc2cc1/C(CC)=C(\C)C(=O)OC. The molecule has 0 spiro atoms. The monoisotopic (exact) mass is 326 g/mol. The van der Waals surface area contributed by atoms with E-state index in [4.69, 9.17) is 4.74 Å². The van der Waals surface area contributed by atoms with Crippen LogP contribution in [-0.4, -0.2) is 18.2 Å². The lowest BCUT2D eigenvalue weighted by atomic mass is 9.89. The van der Waals surface area contributed by atoms with E-state index in [0.717, 1.165) is 47.6 Å². The van der Waals surface area contributed by atoms with Gasteiger partial charge in [0, 0.05) is 5.57 Å². The molecule has 0 aliphatic rings. The van der Waals surface area contributed by atoms with E-state index in [1.165, 1.54) is 12.7 Å². The molecule has 0 fully saturated rings. The van der Waals surface area contributed by atoms with E-state index in [1.807, 2.05) is 13.0 Å². The molecule has 0 aromatic heterocycles. The van der Waals surface area contributed by atoms with Gasteiger partial charge in [-0.1, -0.05) is 32.4 Å². The number of hydrogen-bond donors (Lipinski definition) is 1. The molecule has 0 radical (unpaired) electrons. The number of phenolic OH excluding ortho intramolecular Hbond substituents is 1. The third-order valence-electron chi connectivity index (χ3n) is 4.47. The maximum Gasteiger partial charge on any atom is 0.333 e. The number of fused-ring (bicyclic) bond motifs is 1. The van der Waals surface area contributed by atoms with Crippen molar-refractivity contribution in [1.82, 2.24) is 0 Å². The Hall–Kier alpha value is -2.29. The third kappa shape index (κ3) is 3.78. The second kappa shape index (κ2) is 8.00. The number of benzene rings is 2. The van der Waals surface area contributed by atoms with Crippen LogP contribution in [0.3, 0.4) is 0 Å². The summed E-state index contributed by atoms with van der Waals surface area (Å²) in [5.74, 6) is -0.00668. The number of methoxy groups -OCH3 is 1.